The fraction of sp³-hybridized carbons (Fsp3) is 0.667. The third-order valence-electron chi connectivity index (χ3n) is 3.38. The molecule has 1 aromatic heterocycles. The number of pyridine rings is 1. The molecule has 2 heterocycles. The van der Waals surface area contributed by atoms with Crippen molar-refractivity contribution in [3.63, 3.8) is 0 Å². The van der Waals surface area contributed by atoms with Crippen molar-refractivity contribution in [2.75, 3.05) is 36.0 Å². The van der Waals surface area contributed by atoms with Gasteiger partial charge in [0, 0.05) is 31.6 Å². The second-order valence-electron chi connectivity index (χ2n) is 5.11. The summed E-state index contributed by atoms with van der Waals surface area (Å²) in [5.74, 6) is 3.69. The van der Waals surface area contributed by atoms with E-state index in [0.29, 0.717) is 0 Å². The summed E-state index contributed by atoms with van der Waals surface area (Å²) in [6, 6.07) is 2.28. The van der Waals surface area contributed by atoms with Crippen LogP contribution in [0.25, 0.3) is 0 Å². The number of hydrogen-bond acceptors (Lipinski definition) is 4. The zero-order valence-corrected chi connectivity index (χ0v) is 12.9. The van der Waals surface area contributed by atoms with Gasteiger partial charge in [0.2, 0.25) is 0 Å². The van der Waals surface area contributed by atoms with Crippen molar-refractivity contribution >= 4 is 17.6 Å². The molecule has 0 saturated carbocycles. The maximum Gasteiger partial charge on any atom is 0.131 e. The first-order valence-electron chi connectivity index (χ1n) is 7.30. The normalized spacial score (nSPS) is 16.4. The molecule has 19 heavy (non-hydrogen) atoms. The lowest BCUT2D eigenvalue weighted by atomic mass is 10.2. The highest BCUT2D eigenvalue weighted by molar-refractivity contribution is 7.99. The Morgan fingerprint density at radius 1 is 1.37 bits per heavy atom. The summed E-state index contributed by atoms with van der Waals surface area (Å²) in [6.45, 7) is 8.66. The SMILES string of the molecule is CCCNCc1cnc(N2CCCSCC2)c(C)c1. The van der Waals surface area contributed by atoms with E-state index < -0.39 is 0 Å². The minimum Gasteiger partial charge on any atom is -0.356 e. The van der Waals surface area contributed by atoms with Crippen molar-refractivity contribution in [1.82, 2.24) is 10.3 Å². The molecule has 0 radical (unpaired) electrons. The van der Waals surface area contributed by atoms with Crippen LogP contribution in [0, 0.1) is 6.92 Å². The lowest BCUT2D eigenvalue weighted by Gasteiger charge is -2.23. The molecule has 0 aromatic carbocycles. The molecular formula is C15H25N3S. The average molecular weight is 279 g/mol. The van der Waals surface area contributed by atoms with E-state index in [0.717, 1.165) is 26.2 Å². The number of rotatable bonds is 5. The van der Waals surface area contributed by atoms with Crippen molar-refractivity contribution in [3.8, 4) is 0 Å². The maximum atomic E-state index is 4.70. The van der Waals surface area contributed by atoms with Gasteiger partial charge in [0.25, 0.3) is 0 Å². The van der Waals surface area contributed by atoms with Gasteiger partial charge in [0.1, 0.15) is 5.82 Å². The quantitative estimate of drug-likeness (QED) is 0.839. The monoisotopic (exact) mass is 279 g/mol. The third kappa shape index (κ3) is 4.39. The molecule has 0 amide bonds. The van der Waals surface area contributed by atoms with E-state index >= 15 is 0 Å². The molecule has 3 nitrogen and oxygen atoms in total. The highest BCUT2D eigenvalue weighted by Crippen LogP contribution is 2.21. The van der Waals surface area contributed by atoms with E-state index in [1.807, 2.05) is 6.20 Å². The largest absolute Gasteiger partial charge is 0.356 e. The van der Waals surface area contributed by atoms with Gasteiger partial charge in [-0.15, -0.1) is 0 Å². The van der Waals surface area contributed by atoms with Crippen molar-refractivity contribution in [2.24, 2.45) is 0 Å². The first-order valence-corrected chi connectivity index (χ1v) is 8.45. The van der Waals surface area contributed by atoms with E-state index in [-0.39, 0.29) is 0 Å². The number of thioether (sulfide) groups is 1. The van der Waals surface area contributed by atoms with Gasteiger partial charge >= 0.3 is 0 Å². The van der Waals surface area contributed by atoms with Crippen LogP contribution in [0.4, 0.5) is 5.82 Å². The molecule has 106 valence electrons. The molecule has 1 aromatic rings. The number of anilines is 1. The van der Waals surface area contributed by atoms with Crippen molar-refractivity contribution in [1.29, 1.82) is 0 Å². The Balaban J connectivity index is 2.01. The minimum atomic E-state index is 0.928. The van der Waals surface area contributed by atoms with Crippen LogP contribution < -0.4 is 10.2 Å². The maximum absolute atomic E-state index is 4.70. The van der Waals surface area contributed by atoms with Crippen molar-refractivity contribution in [2.45, 2.75) is 33.2 Å². The Kier molecular flexibility index (Phi) is 5.98. The molecule has 1 N–H and O–H groups in total. The first kappa shape index (κ1) is 14.7. The predicted molar refractivity (Wildman–Crippen MR) is 85.1 cm³/mol. The summed E-state index contributed by atoms with van der Waals surface area (Å²) in [4.78, 5) is 7.14. The molecule has 0 unspecified atom stereocenters. The molecular weight excluding hydrogens is 254 g/mol. The average Bonchev–Trinajstić information content (AvgIpc) is 2.68. The lowest BCUT2D eigenvalue weighted by molar-refractivity contribution is 0.673. The molecule has 4 heteroatoms. The molecule has 1 aliphatic rings. The number of nitrogens with zero attached hydrogens (tertiary/aromatic N) is 2. The van der Waals surface area contributed by atoms with Gasteiger partial charge in [-0.3, -0.25) is 0 Å². The Labute approximate surface area is 121 Å². The fourth-order valence-corrected chi connectivity index (χ4v) is 3.31. The number of hydrogen-bond donors (Lipinski definition) is 1. The minimum absolute atomic E-state index is 0.928. The zero-order valence-electron chi connectivity index (χ0n) is 12.1. The topological polar surface area (TPSA) is 28.2 Å². The van der Waals surface area contributed by atoms with Crippen LogP contribution in [0.2, 0.25) is 0 Å². The summed E-state index contributed by atoms with van der Waals surface area (Å²) >= 11 is 2.06. The standard InChI is InChI=1S/C15H25N3S/c1-3-5-16-11-14-10-13(2)15(17-12-14)18-6-4-8-19-9-7-18/h10,12,16H,3-9,11H2,1-2H3. The highest BCUT2D eigenvalue weighted by Gasteiger charge is 2.13. The summed E-state index contributed by atoms with van der Waals surface area (Å²) < 4.78 is 0. The Bertz CT molecular complexity index is 387. The summed E-state index contributed by atoms with van der Waals surface area (Å²) in [5.41, 5.74) is 2.60. The Morgan fingerprint density at radius 2 is 2.26 bits per heavy atom. The van der Waals surface area contributed by atoms with Gasteiger partial charge in [0.05, 0.1) is 0 Å². The van der Waals surface area contributed by atoms with Crippen LogP contribution in [-0.4, -0.2) is 36.1 Å². The molecule has 1 fully saturated rings. The summed E-state index contributed by atoms with van der Waals surface area (Å²) in [5, 5.41) is 3.43. The van der Waals surface area contributed by atoms with Crippen LogP contribution in [0.5, 0.6) is 0 Å². The van der Waals surface area contributed by atoms with Gasteiger partial charge in [0.15, 0.2) is 0 Å². The van der Waals surface area contributed by atoms with Crippen LogP contribution in [0.3, 0.4) is 0 Å². The van der Waals surface area contributed by atoms with E-state index in [1.165, 1.54) is 41.3 Å². The lowest BCUT2D eigenvalue weighted by Crippen LogP contribution is -2.27. The summed E-state index contributed by atoms with van der Waals surface area (Å²) in [7, 11) is 0. The number of aryl methyl sites for hydroxylation is 1. The van der Waals surface area contributed by atoms with E-state index in [4.69, 9.17) is 4.98 Å². The van der Waals surface area contributed by atoms with E-state index in [1.54, 1.807) is 0 Å². The number of nitrogens with one attached hydrogen (secondary N) is 1. The van der Waals surface area contributed by atoms with Crippen LogP contribution in [-0.2, 0) is 6.54 Å². The van der Waals surface area contributed by atoms with Gasteiger partial charge in [-0.2, -0.15) is 11.8 Å². The predicted octanol–water partition coefficient (Wildman–Crippen LogP) is 2.83. The Morgan fingerprint density at radius 3 is 3.05 bits per heavy atom. The smallest absolute Gasteiger partial charge is 0.131 e. The van der Waals surface area contributed by atoms with Crippen molar-refractivity contribution in [3.05, 3.63) is 23.4 Å². The molecule has 1 aliphatic heterocycles. The van der Waals surface area contributed by atoms with E-state index in [2.05, 4.69) is 41.9 Å². The van der Waals surface area contributed by atoms with Gasteiger partial charge in [-0.05, 0) is 49.3 Å². The first-order chi connectivity index (χ1) is 9.31. The Hall–Kier alpha value is -0.740. The third-order valence-corrected chi connectivity index (χ3v) is 4.43. The highest BCUT2D eigenvalue weighted by atomic mass is 32.2. The van der Waals surface area contributed by atoms with Crippen LogP contribution in [0.15, 0.2) is 12.3 Å². The van der Waals surface area contributed by atoms with Crippen LogP contribution >= 0.6 is 11.8 Å². The number of aromatic nitrogens is 1. The molecule has 0 bridgehead atoms. The second-order valence-corrected chi connectivity index (χ2v) is 6.34. The molecule has 2 rings (SSSR count). The fourth-order valence-electron chi connectivity index (χ4n) is 2.42. The van der Waals surface area contributed by atoms with Crippen molar-refractivity contribution < 1.29 is 0 Å². The molecule has 0 atom stereocenters. The van der Waals surface area contributed by atoms with E-state index in [9.17, 15) is 0 Å². The second kappa shape index (κ2) is 7.75. The summed E-state index contributed by atoms with van der Waals surface area (Å²) in [6.07, 6.45) is 4.48. The zero-order chi connectivity index (χ0) is 13.5. The van der Waals surface area contributed by atoms with Gasteiger partial charge in [-0.1, -0.05) is 6.92 Å². The molecule has 0 spiro atoms. The van der Waals surface area contributed by atoms with Gasteiger partial charge < -0.3 is 10.2 Å². The molecule has 0 aliphatic carbocycles. The van der Waals surface area contributed by atoms with Crippen LogP contribution in [0.1, 0.15) is 30.9 Å². The van der Waals surface area contributed by atoms with Gasteiger partial charge in [-0.25, -0.2) is 4.98 Å². The molecule has 1 saturated heterocycles.